The molecule has 1 aromatic heterocycles. The average Bonchev–Trinajstić information content (AvgIpc) is 3.42. The van der Waals surface area contributed by atoms with Crippen LogP contribution in [-0.4, -0.2) is 42.0 Å². The van der Waals surface area contributed by atoms with Crippen molar-refractivity contribution >= 4 is 22.5 Å². The van der Waals surface area contributed by atoms with Gasteiger partial charge >= 0.3 is 0 Å². The van der Waals surface area contributed by atoms with Crippen molar-refractivity contribution in [3.05, 3.63) is 35.5 Å². The molecule has 4 heteroatoms. The Kier molecular flexibility index (Phi) is 3.91. The summed E-state index contributed by atoms with van der Waals surface area (Å²) < 4.78 is 0. The molecular weight excluding hydrogens is 298 g/mol. The largest absolute Gasteiger partial charge is 0.369 e. The number of carbonyl (C=O) groups is 1. The summed E-state index contributed by atoms with van der Waals surface area (Å²) in [5.74, 6) is 0.701. The number of hydrogen-bond acceptors (Lipinski definition) is 3. The number of anilines is 1. The fourth-order valence-corrected chi connectivity index (χ4v) is 3.77. The minimum Gasteiger partial charge on any atom is -0.369 e. The van der Waals surface area contributed by atoms with Gasteiger partial charge in [-0.3, -0.25) is 9.78 Å². The highest BCUT2D eigenvalue weighted by Crippen LogP contribution is 2.33. The molecule has 24 heavy (non-hydrogen) atoms. The van der Waals surface area contributed by atoms with E-state index in [9.17, 15) is 4.79 Å². The number of rotatable bonds is 2. The van der Waals surface area contributed by atoms with Gasteiger partial charge in [-0.25, -0.2) is 0 Å². The molecular formula is C20H25N3O. The van der Waals surface area contributed by atoms with Crippen LogP contribution in [0, 0.1) is 19.8 Å². The molecule has 1 aliphatic carbocycles. The third-order valence-corrected chi connectivity index (χ3v) is 5.40. The smallest absolute Gasteiger partial charge is 0.225 e. The van der Waals surface area contributed by atoms with Crippen LogP contribution in [0.1, 0.15) is 30.5 Å². The number of benzene rings is 1. The summed E-state index contributed by atoms with van der Waals surface area (Å²) in [6.07, 6.45) is 3.21. The van der Waals surface area contributed by atoms with Crippen molar-refractivity contribution in [2.45, 2.75) is 33.1 Å². The Bertz CT molecular complexity index is 782. The van der Waals surface area contributed by atoms with E-state index in [4.69, 9.17) is 4.98 Å². The predicted molar refractivity (Wildman–Crippen MR) is 97.4 cm³/mol. The first-order valence-electron chi connectivity index (χ1n) is 9.05. The standard InChI is InChI=1S/C20H25N3O/c1-14-15(2)21-18-7-4-3-6-17(18)19(14)22-10-5-11-23(13-12-22)20(24)16-8-9-16/h3-4,6-7,16H,5,8-13H2,1-2H3. The van der Waals surface area contributed by atoms with E-state index >= 15 is 0 Å². The monoisotopic (exact) mass is 323 g/mol. The van der Waals surface area contributed by atoms with E-state index in [0.29, 0.717) is 11.8 Å². The van der Waals surface area contributed by atoms with Crippen molar-refractivity contribution < 1.29 is 4.79 Å². The summed E-state index contributed by atoms with van der Waals surface area (Å²) in [5, 5.41) is 1.22. The number of hydrogen-bond donors (Lipinski definition) is 0. The van der Waals surface area contributed by atoms with Crippen LogP contribution in [0.15, 0.2) is 24.3 Å². The molecule has 1 aromatic carbocycles. The number of aryl methyl sites for hydroxylation is 1. The van der Waals surface area contributed by atoms with Crippen LogP contribution in [-0.2, 0) is 4.79 Å². The maximum Gasteiger partial charge on any atom is 0.225 e. The maximum atomic E-state index is 12.4. The van der Waals surface area contributed by atoms with Gasteiger partial charge in [0.25, 0.3) is 0 Å². The highest BCUT2D eigenvalue weighted by molar-refractivity contribution is 5.94. The minimum absolute atomic E-state index is 0.322. The van der Waals surface area contributed by atoms with E-state index in [1.165, 1.54) is 16.6 Å². The van der Waals surface area contributed by atoms with Gasteiger partial charge in [0.15, 0.2) is 0 Å². The van der Waals surface area contributed by atoms with Crippen LogP contribution >= 0.6 is 0 Å². The van der Waals surface area contributed by atoms with E-state index in [1.807, 2.05) is 6.07 Å². The van der Waals surface area contributed by atoms with Gasteiger partial charge in [0.05, 0.1) is 11.2 Å². The Morgan fingerprint density at radius 3 is 2.67 bits per heavy atom. The van der Waals surface area contributed by atoms with E-state index in [1.54, 1.807) is 0 Å². The lowest BCUT2D eigenvalue weighted by atomic mass is 10.1. The summed E-state index contributed by atoms with van der Waals surface area (Å²) in [7, 11) is 0. The first-order chi connectivity index (χ1) is 11.6. The number of fused-ring (bicyclic) bond motifs is 1. The summed E-state index contributed by atoms with van der Waals surface area (Å²) in [4.78, 5) is 21.7. The third-order valence-electron chi connectivity index (χ3n) is 5.40. The van der Waals surface area contributed by atoms with Crippen molar-refractivity contribution in [3.63, 3.8) is 0 Å². The zero-order valence-corrected chi connectivity index (χ0v) is 14.6. The lowest BCUT2D eigenvalue weighted by molar-refractivity contribution is -0.132. The molecule has 2 aromatic rings. The van der Waals surface area contributed by atoms with Crippen molar-refractivity contribution in [2.24, 2.45) is 5.92 Å². The van der Waals surface area contributed by atoms with Crippen molar-refractivity contribution in [3.8, 4) is 0 Å². The Morgan fingerprint density at radius 2 is 1.88 bits per heavy atom. The zero-order valence-electron chi connectivity index (χ0n) is 14.6. The van der Waals surface area contributed by atoms with Crippen LogP contribution in [0.5, 0.6) is 0 Å². The van der Waals surface area contributed by atoms with Crippen LogP contribution in [0.25, 0.3) is 10.9 Å². The number of pyridine rings is 1. The average molecular weight is 323 g/mol. The van der Waals surface area contributed by atoms with Crippen LogP contribution in [0.2, 0.25) is 0 Å². The molecule has 0 unspecified atom stereocenters. The van der Waals surface area contributed by atoms with Gasteiger partial charge in [-0.2, -0.15) is 0 Å². The van der Waals surface area contributed by atoms with Crippen LogP contribution in [0.4, 0.5) is 5.69 Å². The van der Waals surface area contributed by atoms with E-state index in [-0.39, 0.29) is 0 Å². The topological polar surface area (TPSA) is 36.4 Å². The molecule has 4 rings (SSSR count). The molecule has 2 aliphatic rings. The Labute approximate surface area is 143 Å². The molecule has 126 valence electrons. The normalized spacial score (nSPS) is 18.8. The molecule has 0 radical (unpaired) electrons. The van der Waals surface area contributed by atoms with Gasteiger partial charge in [-0.1, -0.05) is 18.2 Å². The quantitative estimate of drug-likeness (QED) is 0.851. The number of nitrogens with zero attached hydrogens (tertiary/aromatic N) is 3. The molecule has 4 nitrogen and oxygen atoms in total. The molecule has 2 heterocycles. The SMILES string of the molecule is Cc1nc2ccccc2c(N2CCCN(C(=O)C3CC3)CC2)c1C. The van der Waals surface area contributed by atoms with Gasteiger partial charge < -0.3 is 9.80 Å². The Balaban J connectivity index is 1.65. The fourth-order valence-electron chi connectivity index (χ4n) is 3.77. The highest BCUT2D eigenvalue weighted by atomic mass is 16.2. The fraction of sp³-hybridized carbons (Fsp3) is 0.500. The molecule has 0 bridgehead atoms. The lowest BCUT2D eigenvalue weighted by Crippen LogP contribution is -2.36. The van der Waals surface area contributed by atoms with Crippen molar-refractivity contribution in [1.82, 2.24) is 9.88 Å². The predicted octanol–water partition coefficient (Wildman–Crippen LogP) is 3.30. The second kappa shape index (κ2) is 6.08. The second-order valence-corrected chi connectivity index (χ2v) is 7.13. The first kappa shape index (κ1) is 15.4. The number of aromatic nitrogens is 1. The van der Waals surface area contributed by atoms with Gasteiger partial charge in [-0.05, 0) is 44.7 Å². The molecule has 0 atom stereocenters. The van der Waals surface area contributed by atoms with Crippen molar-refractivity contribution in [2.75, 3.05) is 31.1 Å². The number of amides is 1. The van der Waals surface area contributed by atoms with Crippen LogP contribution in [0.3, 0.4) is 0 Å². The van der Waals surface area contributed by atoms with Gasteiger partial charge in [0.1, 0.15) is 0 Å². The molecule has 1 amide bonds. The van der Waals surface area contributed by atoms with Gasteiger partial charge in [-0.15, -0.1) is 0 Å². The molecule has 0 spiro atoms. The molecule has 2 fully saturated rings. The number of carbonyl (C=O) groups excluding carboxylic acids is 1. The summed E-state index contributed by atoms with van der Waals surface area (Å²) in [6, 6.07) is 8.39. The summed E-state index contributed by atoms with van der Waals surface area (Å²) in [6.45, 7) is 7.90. The first-order valence-corrected chi connectivity index (χ1v) is 9.05. The Hall–Kier alpha value is -2.10. The summed E-state index contributed by atoms with van der Waals surface area (Å²) >= 11 is 0. The second-order valence-electron chi connectivity index (χ2n) is 7.13. The third kappa shape index (κ3) is 2.74. The molecule has 0 N–H and O–H groups in total. The van der Waals surface area contributed by atoms with Crippen molar-refractivity contribution in [1.29, 1.82) is 0 Å². The Morgan fingerprint density at radius 1 is 1.08 bits per heavy atom. The van der Waals surface area contributed by atoms with Crippen LogP contribution < -0.4 is 4.90 Å². The van der Waals surface area contributed by atoms with Gasteiger partial charge in [0, 0.05) is 43.2 Å². The van der Waals surface area contributed by atoms with Gasteiger partial charge in [0.2, 0.25) is 5.91 Å². The highest BCUT2D eigenvalue weighted by Gasteiger charge is 2.34. The van der Waals surface area contributed by atoms with E-state index in [0.717, 1.165) is 56.7 Å². The maximum absolute atomic E-state index is 12.4. The molecule has 1 aliphatic heterocycles. The van der Waals surface area contributed by atoms with E-state index in [2.05, 4.69) is 41.8 Å². The lowest BCUT2D eigenvalue weighted by Gasteiger charge is -2.27. The number of para-hydroxylation sites is 1. The molecule has 1 saturated carbocycles. The minimum atomic E-state index is 0.322. The summed E-state index contributed by atoms with van der Waals surface area (Å²) in [5.41, 5.74) is 4.72. The molecule has 1 saturated heterocycles. The zero-order chi connectivity index (χ0) is 16.7. The van der Waals surface area contributed by atoms with E-state index < -0.39 is 0 Å².